The minimum atomic E-state index is -0.371. The second kappa shape index (κ2) is 6.25. The van der Waals surface area contributed by atoms with Crippen molar-refractivity contribution < 1.29 is 9.13 Å². The van der Waals surface area contributed by atoms with Crippen molar-refractivity contribution in [2.24, 2.45) is 5.73 Å². The molecule has 2 aromatic carbocycles. The molecular formula is C16H17ClFNO. The Morgan fingerprint density at radius 1 is 1.25 bits per heavy atom. The molecule has 0 fully saturated rings. The molecule has 0 radical (unpaired) electrons. The molecule has 0 amide bonds. The maximum Gasteiger partial charge on any atom is 0.165 e. The van der Waals surface area contributed by atoms with Gasteiger partial charge in [0.15, 0.2) is 11.6 Å². The van der Waals surface area contributed by atoms with Crippen LogP contribution >= 0.6 is 11.6 Å². The number of methoxy groups -OCH3 is 1. The lowest BCUT2D eigenvalue weighted by Crippen LogP contribution is -2.13. The van der Waals surface area contributed by atoms with Crippen molar-refractivity contribution in [3.8, 4) is 5.75 Å². The summed E-state index contributed by atoms with van der Waals surface area (Å²) in [5.74, 6) is -0.130. The molecule has 0 saturated carbocycles. The molecule has 2 aromatic rings. The van der Waals surface area contributed by atoms with Gasteiger partial charge in [-0.1, -0.05) is 29.8 Å². The molecule has 4 heteroatoms. The molecule has 0 aliphatic carbocycles. The second-order valence-electron chi connectivity index (χ2n) is 4.79. The van der Waals surface area contributed by atoms with Gasteiger partial charge in [0.2, 0.25) is 0 Å². The van der Waals surface area contributed by atoms with Gasteiger partial charge in [0.05, 0.1) is 7.11 Å². The summed E-state index contributed by atoms with van der Waals surface area (Å²) in [5, 5.41) is 0.719. The molecule has 1 atom stereocenters. The molecule has 20 heavy (non-hydrogen) atoms. The van der Waals surface area contributed by atoms with Gasteiger partial charge in [-0.3, -0.25) is 0 Å². The summed E-state index contributed by atoms with van der Waals surface area (Å²) < 4.78 is 18.5. The number of nitrogens with two attached hydrogens (primary N) is 1. The molecular weight excluding hydrogens is 277 g/mol. The molecule has 0 spiro atoms. The van der Waals surface area contributed by atoms with Crippen LogP contribution in [0.15, 0.2) is 36.4 Å². The molecule has 2 N–H and O–H groups in total. The fraction of sp³-hybridized carbons (Fsp3) is 0.250. The van der Waals surface area contributed by atoms with Crippen molar-refractivity contribution >= 4 is 11.6 Å². The zero-order valence-electron chi connectivity index (χ0n) is 11.5. The third kappa shape index (κ3) is 3.30. The number of ether oxygens (including phenoxy) is 1. The maximum absolute atomic E-state index is 13.6. The van der Waals surface area contributed by atoms with E-state index in [1.165, 1.54) is 13.2 Å². The first-order valence-corrected chi connectivity index (χ1v) is 6.73. The average molecular weight is 294 g/mol. The number of rotatable bonds is 4. The lowest BCUT2D eigenvalue weighted by molar-refractivity contribution is 0.386. The van der Waals surface area contributed by atoms with Crippen LogP contribution in [-0.2, 0) is 6.42 Å². The third-order valence-corrected chi connectivity index (χ3v) is 3.71. The number of aryl methyl sites for hydroxylation is 1. The Balaban J connectivity index is 2.16. The predicted molar refractivity (Wildman–Crippen MR) is 79.8 cm³/mol. The van der Waals surface area contributed by atoms with Gasteiger partial charge in [0.25, 0.3) is 0 Å². The van der Waals surface area contributed by atoms with Crippen molar-refractivity contribution in [1.82, 2.24) is 0 Å². The van der Waals surface area contributed by atoms with Gasteiger partial charge in [0.1, 0.15) is 0 Å². The number of benzene rings is 2. The van der Waals surface area contributed by atoms with Crippen molar-refractivity contribution in [2.45, 2.75) is 19.4 Å². The van der Waals surface area contributed by atoms with E-state index in [-0.39, 0.29) is 17.6 Å². The maximum atomic E-state index is 13.6. The number of hydrogen-bond acceptors (Lipinski definition) is 2. The summed E-state index contributed by atoms with van der Waals surface area (Å²) in [6, 6.07) is 10.4. The predicted octanol–water partition coefficient (Wildman–Crippen LogP) is 4.04. The lowest BCUT2D eigenvalue weighted by atomic mass is 9.98. The molecule has 2 nitrogen and oxygen atoms in total. The van der Waals surface area contributed by atoms with Crippen LogP contribution in [0.5, 0.6) is 5.75 Å². The Morgan fingerprint density at radius 3 is 2.60 bits per heavy atom. The Hall–Kier alpha value is -1.58. The average Bonchev–Trinajstić information content (AvgIpc) is 2.42. The zero-order chi connectivity index (χ0) is 14.7. The minimum Gasteiger partial charge on any atom is -0.494 e. The topological polar surface area (TPSA) is 35.2 Å². The summed E-state index contributed by atoms with van der Waals surface area (Å²) in [4.78, 5) is 0. The summed E-state index contributed by atoms with van der Waals surface area (Å²) in [6.07, 6.45) is 0.558. The highest BCUT2D eigenvalue weighted by Crippen LogP contribution is 2.24. The van der Waals surface area contributed by atoms with E-state index in [0.29, 0.717) is 6.42 Å². The summed E-state index contributed by atoms with van der Waals surface area (Å²) in [7, 11) is 1.44. The first-order chi connectivity index (χ1) is 9.51. The summed E-state index contributed by atoms with van der Waals surface area (Å²) in [6.45, 7) is 1.94. The Bertz CT molecular complexity index is 615. The van der Waals surface area contributed by atoms with Crippen LogP contribution < -0.4 is 10.5 Å². The summed E-state index contributed by atoms with van der Waals surface area (Å²) >= 11 is 6.00. The highest BCUT2D eigenvalue weighted by Gasteiger charge is 2.10. The van der Waals surface area contributed by atoms with Gasteiger partial charge in [-0.2, -0.15) is 0 Å². The van der Waals surface area contributed by atoms with Gasteiger partial charge in [-0.05, 0) is 48.2 Å². The molecule has 0 aromatic heterocycles. The van der Waals surface area contributed by atoms with E-state index in [2.05, 4.69) is 0 Å². The van der Waals surface area contributed by atoms with Gasteiger partial charge >= 0.3 is 0 Å². The van der Waals surface area contributed by atoms with Crippen LogP contribution in [0.4, 0.5) is 4.39 Å². The molecule has 0 aliphatic heterocycles. The van der Waals surface area contributed by atoms with E-state index in [1.54, 1.807) is 6.07 Å². The summed E-state index contributed by atoms with van der Waals surface area (Å²) in [5.41, 5.74) is 8.98. The standard InChI is InChI=1S/C16H17ClFNO/c1-10-7-12(4-5-13(10)17)15(19)9-11-3-6-16(20-2)14(18)8-11/h3-8,15H,9,19H2,1-2H3. The number of halogens is 2. The van der Waals surface area contributed by atoms with Crippen molar-refractivity contribution in [2.75, 3.05) is 7.11 Å². The Kier molecular flexibility index (Phi) is 4.63. The van der Waals surface area contributed by atoms with Crippen LogP contribution in [0.2, 0.25) is 5.02 Å². The van der Waals surface area contributed by atoms with E-state index >= 15 is 0 Å². The SMILES string of the molecule is COc1ccc(CC(N)c2ccc(Cl)c(C)c2)cc1F. The van der Waals surface area contributed by atoms with Gasteiger partial charge in [0, 0.05) is 11.1 Å². The van der Waals surface area contributed by atoms with Gasteiger partial charge < -0.3 is 10.5 Å². The van der Waals surface area contributed by atoms with E-state index in [0.717, 1.165) is 21.7 Å². The van der Waals surface area contributed by atoms with E-state index in [4.69, 9.17) is 22.1 Å². The van der Waals surface area contributed by atoms with Crippen LogP contribution in [0.25, 0.3) is 0 Å². The molecule has 2 rings (SSSR count). The molecule has 106 valence electrons. The van der Waals surface area contributed by atoms with Crippen LogP contribution in [0.1, 0.15) is 22.7 Å². The highest BCUT2D eigenvalue weighted by molar-refractivity contribution is 6.31. The minimum absolute atomic E-state index is 0.196. The lowest BCUT2D eigenvalue weighted by Gasteiger charge is -2.14. The quantitative estimate of drug-likeness (QED) is 0.923. The monoisotopic (exact) mass is 293 g/mol. The molecule has 1 unspecified atom stereocenters. The van der Waals surface area contributed by atoms with E-state index < -0.39 is 0 Å². The van der Waals surface area contributed by atoms with Crippen LogP contribution in [0, 0.1) is 12.7 Å². The molecule has 0 heterocycles. The normalized spacial score (nSPS) is 12.2. The van der Waals surface area contributed by atoms with Crippen molar-refractivity contribution in [1.29, 1.82) is 0 Å². The largest absolute Gasteiger partial charge is 0.494 e. The molecule has 0 aliphatic rings. The van der Waals surface area contributed by atoms with Crippen LogP contribution in [0.3, 0.4) is 0 Å². The molecule has 0 bridgehead atoms. The van der Waals surface area contributed by atoms with Crippen molar-refractivity contribution in [3.63, 3.8) is 0 Å². The first-order valence-electron chi connectivity index (χ1n) is 6.35. The Labute approximate surface area is 123 Å². The van der Waals surface area contributed by atoms with Crippen LogP contribution in [-0.4, -0.2) is 7.11 Å². The second-order valence-corrected chi connectivity index (χ2v) is 5.20. The number of hydrogen-bond donors (Lipinski definition) is 1. The zero-order valence-corrected chi connectivity index (χ0v) is 12.2. The third-order valence-electron chi connectivity index (χ3n) is 3.28. The van der Waals surface area contributed by atoms with E-state index in [9.17, 15) is 4.39 Å². The first kappa shape index (κ1) is 14.8. The van der Waals surface area contributed by atoms with E-state index in [1.807, 2.05) is 31.2 Å². The molecule has 0 saturated heterocycles. The van der Waals surface area contributed by atoms with Gasteiger partial charge in [-0.15, -0.1) is 0 Å². The fourth-order valence-corrected chi connectivity index (χ4v) is 2.22. The van der Waals surface area contributed by atoms with Gasteiger partial charge in [-0.25, -0.2) is 4.39 Å². The smallest absolute Gasteiger partial charge is 0.165 e. The highest BCUT2D eigenvalue weighted by atomic mass is 35.5. The fourth-order valence-electron chi connectivity index (χ4n) is 2.11. The Morgan fingerprint density at radius 2 is 2.00 bits per heavy atom. The van der Waals surface area contributed by atoms with Crippen molar-refractivity contribution in [3.05, 3.63) is 63.9 Å².